The number of sulfone groups is 1. The number of rotatable bonds is 11. The van der Waals surface area contributed by atoms with Crippen LogP contribution in [0.3, 0.4) is 0 Å². The Morgan fingerprint density at radius 3 is 2.67 bits per heavy atom. The number of fused-ring (bicyclic) bond motifs is 1. The first-order valence-corrected chi connectivity index (χ1v) is 16.7. The molecule has 1 spiro atoms. The van der Waals surface area contributed by atoms with Gasteiger partial charge in [0.15, 0.2) is 9.84 Å². The number of hydrogen-bond donors (Lipinski definition) is 3. The maximum Gasteiger partial charge on any atom is 0.243 e. The summed E-state index contributed by atoms with van der Waals surface area (Å²) in [6.07, 6.45) is 2.62. The lowest BCUT2D eigenvalue weighted by Crippen LogP contribution is -2.47. The van der Waals surface area contributed by atoms with E-state index in [1.807, 2.05) is 6.07 Å². The summed E-state index contributed by atoms with van der Waals surface area (Å²) in [6.45, 7) is 1.29. The Labute approximate surface area is 244 Å². The van der Waals surface area contributed by atoms with Crippen LogP contribution in [-0.4, -0.2) is 93.5 Å². The summed E-state index contributed by atoms with van der Waals surface area (Å²) in [4.78, 5) is 15.5. The van der Waals surface area contributed by atoms with Gasteiger partial charge in [-0.25, -0.2) is 16.8 Å². The lowest BCUT2D eigenvalue weighted by atomic mass is 9.88. The number of nitrogens with zero attached hydrogens (tertiary/aromatic N) is 2. The van der Waals surface area contributed by atoms with E-state index in [4.69, 9.17) is 15.2 Å². The minimum atomic E-state index is -3.87. The second kappa shape index (κ2) is 12.2. The number of sulfonamides is 1. The van der Waals surface area contributed by atoms with Gasteiger partial charge in [0.25, 0.3) is 0 Å². The maximum atomic E-state index is 13.3. The van der Waals surface area contributed by atoms with Crippen LogP contribution >= 0.6 is 0 Å². The molecular formula is C28H34N4O8S2. The van der Waals surface area contributed by atoms with Crippen LogP contribution < -0.4 is 15.8 Å². The number of nitrogens with one attached hydrogen (secondary N) is 1. The van der Waals surface area contributed by atoms with E-state index in [-0.39, 0.29) is 34.7 Å². The number of piperidine rings is 1. The topological polar surface area (TPSA) is 178 Å². The van der Waals surface area contributed by atoms with Crippen molar-refractivity contribution >= 4 is 36.7 Å². The largest absolute Gasteiger partial charge is 0.491 e. The van der Waals surface area contributed by atoms with Gasteiger partial charge in [0.2, 0.25) is 15.9 Å². The fraction of sp³-hybridized carbons (Fsp3) is 0.429. The third-order valence-corrected chi connectivity index (χ3v) is 11.2. The van der Waals surface area contributed by atoms with E-state index >= 15 is 0 Å². The SMILES string of the molecule is NC(=O)CS(=O)(=O)c1cccc(OCC(O)CN[C@H]2COC3(CCN(S(=O)(=O)c4ccc5ncccc5c4)CC3)C2)c1. The number of hydrogen-bond acceptors (Lipinski definition) is 10. The van der Waals surface area contributed by atoms with Gasteiger partial charge in [-0.05, 0) is 61.7 Å². The Balaban J connectivity index is 1.08. The number of aliphatic hydroxyl groups excluding tert-OH is 1. The molecule has 12 nitrogen and oxygen atoms in total. The Bertz CT molecular complexity index is 1660. The number of amides is 1. The Kier molecular flexibility index (Phi) is 8.83. The van der Waals surface area contributed by atoms with Crippen molar-refractivity contribution in [1.82, 2.24) is 14.6 Å². The highest BCUT2D eigenvalue weighted by molar-refractivity contribution is 7.92. The summed E-state index contributed by atoms with van der Waals surface area (Å²) in [5.41, 5.74) is 5.34. The fourth-order valence-corrected chi connectivity index (χ4v) is 8.00. The van der Waals surface area contributed by atoms with Gasteiger partial charge in [0.1, 0.15) is 24.2 Å². The Hall–Kier alpha value is -3.14. The van der Waals surface area contributed by atoms with Crippen molar-refractivity contribution in [3.8, 4) is 5.75 Å². The first kappa shape index (κ1) is 30.3. The number of carbonyl (C=O) groups excluding carboxylic acids is 1. The number of aromatic nitrogens is 1. The van der Waals surface area contributed by atoms with Gasteiger partial charge in [0.05, 0.1) is 27.5 Å². The zero-order valence-corrected chi connectivity index (χ0v) is 24.5. The second-order valence-corrected chi connectivity index (χ2v) is 14.7. The molecule has 0 aliphatic carbocycles. The second-order valence-electron chi connectivity index (χ2n) is 10.7. The van der Waals surface area contributed by atoms with E-state index in [0.717, 1.165) is 10.9 Å². The number of aliphatic hydroxyl groups is 1. The zero-order valence-electron chi connectivity index (χ0n) is 22.9. The van der Waals surface area contributed by atoms with Crippen LogP contribution in [0.2, 0.25) is 0 Å². The Morgan fingerprint density at radius 1 is 1.12 bits per heavy atom. The molecule has 1 aromatic heterocycles. The molecule has 0 saturated carbocycles. The van der Waals surface area contributed by atoms with Gasteiger partial charge in [-0.3, -0.25) is 9.78 Å². The molecule has 14 heteroatoms. The molecule has 5 rings (SSSR count). The molecule has 2 aliphatic heterocycles. The molecule has 2 saturated heterocycles. The molecule has 0 bridgehead atoms. The number of carbonyl (C=O) groups is 1. The highest BCUT2D eigenvalue weighted by atomic mass is 32.2. The third kappa shape index (κ3) is 6.90. The van der Waals surface area contributed by atoms with Crippen molar-refractivity contribution in [1.29, 1.82) is 0 Å². The van der Waals surface area contributed by atoms with Crippen LogP contribution in [0.15, 0.2) is 70.6 Å². The zero-order chi connectivity index (χ0) is 30.0. The van der Waals surface area contributed by atoms with E-state index in [2.05, 4.69) is 10.3 Å². The smallest absolute Gasteiger partial charge is 0.243 e. The third-order valence-electron chi connectivity index (χ3n) is 7.64. The molecule has 1 amide bonds. The van der Waals surface area contributed by atoms with Crippen LogP contribution in [0.1, 0.15) is 19.3 Å². The predicted molar refractivity (Wildman–Crippen MR) is 154 cm³/mol. The van der Waals surface area contributed by atoms with E-state index in [1.165, 1.54) is 22.5 Å². The van der Waals surface area contributed by atoms with Crippen LogP contribution in [0.5, 0.6) is 5.75 Å². The summed E-state index contributed by atoms with van der Waals surface area (Å²) in [5.74, 6) is -1.51. The van der Waals surface area contributed by atoms with Crippen molar-refractivity contribution in [2.45, 2.75) is 46.8 Å². The fourth-order valence-electron chi connectivity index (χ4n) is 5.40. The summed E-state index contributed by atoms with van der Waals surface area (Å²) in [7, 11) is -7.52. The molecule has 226 valence electrons. The van der Waals surface area contributed by atoms with E-state index in [9.17, 15) is 26.7 Å². The average Bonchev–Trinajstić information content (AvgIpc) is 3.36. The normalized spacial score (nSPS) is 20.1. The van der Waals surface area contributed by atoms with Gasteiger partial charge < -0.3 is 25.6 Å². The standard InChI is InChI=1S/C28H34N4O8S2/c29-27(34)19-41(35,36)24-5-1-4-23(14-24)39-18-22(33)16-31-21-15-28(40-17-21)8-11-32(12-9-28)42(37,38)25-6-7-26-20(13-25)3-2-10-30-26/h1-7,10,13-14,21-22,31,33H,8-9,11-12,15-19H2,(H2,29,34)/t21-,22?/m1/s1. The molecule has 2 atom stereocenters. The maximum absolute atomic E-state index is 13.3. The van der Waals surface area contributed by atoms with Crippen LogP contribution in [-0.2, 0) is 29.4 Å². The van der Waals surface area contributed by atoms with Crippen molar-refractivity contribution in [3.05, 3.63) is 60.8 Å². The van der Waals surface area contributed by atoms with Crippen molar-refractivity contribution in [2.75, 3.05) is 38.6 Å². The molecule has 2 fully saturated rings. The van der Waals surface area contributed by atoms with Gasteiger partial charge >= 0.3 is 0 Å². The molecule has 0 radical (unpaired) electrons. The van der Waals surface area contributed by atoms with Crippen LogP contribution in [0.4, 0.5) is 0 Å². The van der Waals surface area contributed by atoms with E-state index in [1.54, 1.807) is 36.5 Å². The minimum Gasteiger partial charge on any atom is -0.491 e. The summed E-state index contributed by atoms with van der Waals surface area (Å²) >= 11 is 0. The van der Waals surface area contributed by atoms with E-state index < -0.39 is 43.2 Å². The molecule has 2 aliphatic rings. The monoisotopic (exact) mass is 618 g/mol. The molecule has 3 heterocycles. The van der Waals surface area contributed by atoms with Gasteiger partial charge in [-0.15, -0.1) is 0 Å². The number of primary amides is 1. The minimum absolute atomic E-state index is 0.0157. The first-order valence-electron chi connectivity index (χ1n) is 13.6. The molecule has 1 unspecified atom stereocenters. The summed E-state index contributed by atoms with van der Waals surface area (Å²) in [5, 5.41) is 14.5. The van der Waals surface area contributed by atoms with Crippen LogP contribution in [0, 0.1) is 0 Å². The van der Waals surface area contributed by atoms with Crippen LogP contribution in [0.25, 0.3) is 10.9 Å². The Morgan fingerprint density at radius 2 is 1.90 bits per heavy atom. The van der Waals surface area contributed by atoms with Gasteiger partial charge in [-0.1, -0.05) is 12.1 Å². The molecule has 3 aromatic rings. The lowest BCUT2D eigenvalue weighted by molar-refractivity contribution is -0.115. The molecular weight excluding hydrogens is 584 g/mol. The van der Waals surface area contributed by atoms with Crippen molar-refractivity contribution < 1.29 is 36.2 Å². The predicted octanol–water partition coefficient (Wildman–Crippen LogP) is 0.836. The van der Waals surface area contributed by atoms with Crippen molar-refractivity contribution in [2.24, 2.45) is 5.73 Å². The molecule has 2 aromatic carbocycles. The number of benzene rings is 2. The van der Waals surface area contributed by atoms with Gasteiger partial charge in [-0.2, -0.15) is 4.31 Å². The van der Waals surface area contributed by atoms with E-state index in [0.29, 0.717) is 39.0 Å². The quantitative estimate of drug-likeness (QED) is 0.279. The summed E-state index contributed by atoms with van der Waals surface area (Å²) in [6, 6.07) is 14.3. The number of pyridine rings is 1. The average molecular weight is 619 g/mol. The highest BCUT2D eigenvalue weighted by Gasteiger charge is 2.44. The molecule has 42 heavy (non-hydrogen) atoms. The summed E-state index contributed by atoms with van der Waals surface area (Å²) < 4.78 is 64.3. The number of ether oxygens (including phenoxy) is 2. The molecule has 4 N–H and O–H groups in total. The van der Waals surface area contributed by atoms with Crippen molar-refractivity contribution in [3.63, 3.8) is 0 Å². The lowest BCUT2D eigenvalue weighted by Gasteiger charge is -2.38. The highest BCUT2D eigenvalue weighted by Crippen LogP contribution is 2.37. The number of nitrogens with two attached hydrogens (primary N) is 1. The first-order chi connectivity index (χ1) is 20.0. The van der Waals surface area contributed by atoms with Gasteiger partial charge in [0, 0.05) is 37.3 Å².